The average molecular weight is 837 g/mol. The molecular formula is C64H40Si. The highest BCUT2D eigenvalue weighted by Gasteiger charge is 2.39. The molecule has 1 heterocycles. The van der Waals surface area contributed by atoms with Crippen LogP contribution >= 0.6 is 0 Å². The predicted octanol–water partition coefficient (Wildman–Crippen LogP) is 16.6. The van der Waals surface area contributed by atoms with Gasteiger partial charge in [-0.3, -0.25) is 0 Å². The van der Waals surface area contributed by atoms with Crippen molar-refractivity contribution < 1.29 is 0 Å². The molecule has 2 aliphatic carbocycles. The van der Waals surface area contributed by atoms with Crippen LogP contribution in [-0.4, -0.2) is 8.07 Å². The van der Waals surface area contributed by atoms with E-state index in [-0.39, 0.29) is 0 Å². The lowest BCUT2D eigenvalue weighted by Gasteiger charge is -2.23. The third kappa shape index (κ3) is 4.60. The van der Waals surface area contributed by atoms with Gasteiger partial charge in [0.25, 0.3) is 0 Å². The van der Waals surface area contributed by atoms with Crippen LogP contribution in [0, 0.1) is 0 Å². The minimum absolute atomic E-state index is 1.28. The van der Waals surface area contributed by atoms with Crippen LogP contribution in [0.15, 0.2) is 206 Å². The Labute approximate surface area is 378 Å². The SMILES string of the molecule is C[Si]1(C)c2cc(-c3cccc4ccccc34)ccc2-c2cc3c(-c4ccc5c6c(cccc46)-c4ccccc4-5)c4ccccc4c(-c4ccc5c6c(cccc46)-c4ccccc4-5)c3cc21. The van der Waals surface area contributed by atoms with Crippen LogP contribution in [0.2, 0.25) is 13.1 Å². The van der Waals surface area contributed by atoms with Gasteiger partial charge in [0.05, 0.1) is 0 Å². The van der Waals surface area contributed by atoms with Gasteiger partial charge in [-0.05, 0) is 159 Å². The van der Waals surface area contributed by atoms with Gasteiger partial charge in [0.2, 0.25) is 0 Å². The summed E-state index contributed by atoms with van der Waals surface area (Å²) >= 11 is 0. The van der Waals surface area contributed by atoms with Crippen molar-refractivity contribution in [3.05, 3.63) is 206 Å². The number of hydrogen-bond acceptors (Lipinski definition) is 0. The molecule has 65 heavy (non-hydrogen) atoms. The van der Waals surface area contributed by atoms with Crippen molar-refractivity contribution in [3.63, 3.8) is 0 Å². The first-order chi connectivity index (χ1) is 32.0. The fraction of sp³-hybridized carbons (Fsp3) is 0.0312. The highest BCUT2D eigenvalue weighted by atomic mass is 28.3. The molecular weight excluding hydrogens is 797 g/mol. The van der Waals surface area contributed by atoms with Gasteiger partial charge in [-0.2, -0.15) is 0 Å². The molecule has 0 aromatic heterocycles. The normalized spacial score (nSPS) is 13.5. The molecule has 0 bridgehead atoms. The van der Waals surface area contributed by atoms with Crippen LogP contribution in [0.5, 0.6) is 0 Å². The third-order valence-electron chi connectivity index (χ3n) is 15.6. The van der Waals surface area contributed by atoms with Gasteiger partial charge in [-0.1, -0.05) is 213 Å². The molecule has 12 aromatic carbocycles. The van der Waals surface area contributed by atoms with Crippen molar-refractivity contribution in [1.29, 1.82) is 0 Å². The van der Waals surface area contributed by atoms with Crippen LogP contribution in [0.25, 0.3) is 143 Å². The van der Waals surface area contributed by atoms with Crippen molar-refractivity contribution >= 4 is 72.3 Å². The molecule has 1 heteroatoms. The molecule has 0 nitrogen and oxygen atoms in total. The number of fused-ring (bicyclic) bond motifs is 12. The Morgan fingerprint density at radius 3 is 1.25 bits per heavy atom. The van der Waals surface area contributed by atoms with Crippen LogP contribution in [-0.2, 0) is 0 Å². The molecule has 15 rings (SSSR count). The van der Waals surface area contributed by atoms with Gasteiger partial charge in [0, 0.05) is 0 Å². The maximum absolute atomic E-state index is 2.66. The second kappa shape index (κ2) is 12.7. The van der Waals surface area contributed by atoms with E-state index >= 15 is 0 Å². The van der Waals surface area contributed by atoms with E-state index < -0.39 is 8.07 Å². The molecule has 0 N–H and O–H groups in total. The lowest BCUT2D eigenvalue weighted by molar-refractivity contribution is 1.66. The van der Waals surface area contributed by atoms with Crippen molar-refractivity contribution in [1.82, 2.24) is 0 Å². The second-order valence-electron chi connectivity index (χ2n) is 19.0. The lowest BCUT2D eigenvalue weighted by Crippen LogP contribution is -2.49. The van der Waals surface area contributed by atoms with E-state index in [0.717, 1.165) is 0 Å². The molecule has 0 unspecified atom stereocenters. The minimum atomic E-state index is -2.21. The minimum Gasteiger partial charge on any atom is -0.0616 e. The van der Waals surface area contributed by atoms with Gasteiger partial charge in [-0.25, -0.2) is 0 Å². The Balaban J connectivity index is 1.06. The molecule has 0 saturated carbocycles. The van der Waals surface area contributed by atoms with Gasteiger partial charge < -0.3 is 0 Å². The van der Waals surface area contributed by atoms with Crippen molar-refractivity contribution in [2.45, 2.75) is 13.1 Å². The fourth-order valence-corrected chi connectivity index (χ4v) is 15.8. The quantitative estimate of drug-likeness (QED) is 0.123. The van der Waals surface area contributed by atoms with Gasteiger partial charge in [0.15, 0.2) is 0 Å². The Morgan fingerprint density at radius 1 is 0.246 bits per heavy atom. The second-order valence-corrected chi connectivity index (χ2v) is 23.3. The average Bonchev–Trinajstić information content (AvgIpc) is 3.94. The molecule has 0 atom stereocenters. The smallest absolute Gasteiger partial charge is 0.0616 e. The van der Waals surface area contributed by atoms with Crippen LogP contribution in [0.3, 0.4) is 0 Å². The molecule has 3 aliphatic rings. The van der Waals surface area contributed by atoms with E-state index in [2.05, 4.69) is 219 Å². The van der Waals surface area contributed by atoms with E-state index in [9.17, 15) is 0 Å². The molecule has 12 aromatic rings. The van der Waals surface area contributed by atoms with Gasteiger partial charge in [-0.15, -0.1) is 0 Å². The summed E-state index contributed by atoms with van der Waals surface area (Å²) in [6, 6.07) is 78.9. The predicted molar refractivity (Wildman–Crippen MR) is 281 cm³/mol. The Bertz CT molecular complexity index is 4080. The van der Waals surface area contributed by atoms with Crippen molar-refractivity contribution in [2.24, 2.45) is 0 Å². The summed E-state index contributed by atoms with van der Waals surface area (Å²) < 4.78 is 0. The summed E-state index contributed by atoms with van der Waals surface area (Å²) in [7, 11) is -2.21. The topological polar surface area (TPSA) is 0 Å². The summed E-state index contributed by atoms with van der Waals surface area (Å²) in [5, 5.41) is 16.2. The van der Waals surface area contributed by atoms with E-state index in [0.29, 0.717) is 0 Å². The Hall–Kier alpha value is -7.84. The summed E-state index contributed by atoms with van der Waals surface area (Å²) in [6.07, 6.45) is 0. The molecule has 0 spiro atoms. The highest BCUT2D eigenvalue weighted by molar-refractivity contribution is 7.04. The third-order valence-corrected chi connectivity index (χ3v) is 19.1. The van der Waals surface area contributed by atoms with Gasteiger partial charge in [0.1, 0.15) is 8.07 Å². The van der Waals surface area contributed by atoms with Crippen LogP contribution in [0.4, 0.5) is 0 Å². The zero-order valence-corrected chi connectivity index (χ0v) is 37.1. The largest absolute Gasteiger partial charge is 0.113 e. The Morgan fingerprint density at radius 2 is 0.646 bits per heavy atom. The molecule has 0 radical (unpaired) electrons. The molecule has 0 amide bonds. The monoisotopic (exact) mass is 836 g/mol. The zero-order chi connectivity index (χ0) is 42.7. The highest BCUT2D eigenvalue weighted by Crippen LogP contribution is 2.55. The fourth-order valence-electron chi connectivity index (χ4n) is 12.7. The zero-order valence-electron chi connectivity index (χ0n) is 36.1. The van der Waals surface area contributed by atoms with Gasteiger partial charge >= 0.3 is 0 Å². The molecule has 0 saturated heterocycles. The molecule has 1 aliphatic heterocycles. The van der Waals surface area contributed by atoms with E-state index in [1.165, 1.54) is 153 Å². The van der Waals surface area contributed by atoms with Crippen LogP contribution < -0.4 is 10.4 Å². The first-order valence-electron chi connectivity index (χ1n) is 23.0. The number of hydrogen-bond donors (Lipinski definition) is 0. The van der Waals surface area contributed by atoms with E-state index in [4.69, 9.17) is 0 Å². The summed E-state index contributed by atoms with van der Waals surface area (Å²) in [6.45, 7) is 5.16. The maximum Gasteiger partial charge on any atom is 0.113 e. The van der Waals surface area contributed by atoms with Crippen LogP contribution in [0.1, 0.15) is 0 Å². The first kappa shape index (κ1) is 35.6. The molecule has 0 fully saturated rings. The van der Waals surface area contributed by atoms with E-state index in [1.807, 2.05) is 0 Å². The van der Waals surface area contributed by atoms with E-state index in [1.54, 1.807) is 0 Å². The molecule has 300 valence electrons. The van der Waals surface area contributed by atoms with Crippen molar-refractivity contribution in [2.75, 3.05) is 0 Å². The Kier molecular flexibility index (Phi) is 6.93. The summed E-state index contributed by atoms with van der Waals surface area (Å²) in [5.41, 5.74) is 21.3. The summed E-state index contributed by atoms with van der Waals surface area (Å²) in [5.74, 6) is 0. The number of rotatable bonds is 3. The number of benzene rings is 12. The maximum atomic E-state index is 2.66. The first-order valence-corrected chi connectivity index (χ1v) is 26.0. The summed E-state index contributed by atoms with van der Waals surface area (Å²) in [4.78, 5) is 0. The van der Waals surface area contributed by atoms with Crippen molar-refractivity contribution in [3.8, 4) is 89.0 Å². The lowest BCUT2D eigenvalue weighted by atomic mass is 9.82. The standard InChI is InChI=1S/C64H40Si/c1-65(2)59-34-38(40-23-11-15-37-14-3-4-16-39(37)40)28-29-45(59)56-35-57-58(36-60(56)65)64(55-33-31-53-44-20-8-6-18-42(44)47-25-13-27-51(55)62(47)53)49-22-10-9-21-48(49)63(57)54-32-30-52-43-19-7-5-17-41(43)46-24-12-26-50(54)61(46)52/h3-36H,1-2H3.